The van der Waals surface area contributed by atoms with Crippen molar-refractivity contribution in [1.82, 2.24) is 10.3 Å². The normalized spacial score (nSPS) is 12.5. The number of aromatic nitrogens is 1. The number of rotatable bonds is 3. The van der Waals surface area contributed by atoms with Crippen LogP contribution in [0.2, 0.25) is 0 Å². The van der Waals surface area contributed by atoms with Crippen LogP contribution in [0, 0.1) is 0 Å². The van der Waals surface area contributed by atoms with Crippen LogP contribution in [0.1, 0.15) is 11.6 Å². The van der Waals surface area contributed by atoms with Gasteiger partial charge in [-0.05, 0) is 38.9 Å². The molecule has 1 atom stereocenters. The molecule has 0 aromatic carbocycles. The van der Waals surface area contributed by atoms with Gasteiger partial charge in [0.2, 0.25) is 0 Å². The zero-order valence-corrected chi connectivity index (χ0v) is 10.5. The summed E-state index contributed by atoms with van der Waals surface area (Å²) in [5.74, 6) is -0.930. The van der Waals surface area contributed by atoms with Gasteiger partial charge in [-0.15, -0.1) is 0 Å². The maximum Gasteiger partial charge on any atom is 0.325 e. The van der Waals surface area contributed by atoms with Crippen LogP contribution >= 0.6 is 31.9 Å². The second-order valence-electron chi connectivity index (χ2n) is 2.58. The predicted octanol–water partition coefficient (Wildman–Crippen LogP) is 1.95. The SMILES string of the molecule is CNC(C(=O)O)c1c(Br)cncc1Br. The van der Waals surface area contributed by atoms with Crippen molar-refractivity contribution in [1.29, 1.82) is 0 Å². The first-order chi connectivity index (χ1) is 6.57. The van der Waals surface area contributed by atoms with Crippen LogP contribution < -0.4 is 5.32 Å². The Morgan fingerprint density at radius 1 is 1.50 bits per heavy atom. The number of pyridine rings is 1. The van der Waals surface area contributed by atoms with E-state index in [9.17, 15) is 4.79 Å². The minimum Gasteiger partial charge on any atom is -0.480 e. The molecular formula is C8H8Br2N2O2. The molecule has 0 saturated carbocycles. The predicted molar refractivity (Wildman–Crippen MR) is 59.1 cm³/mol. The highest BCUT2D eigenvalue weighted by atomic mass is 79.9. The molecule has 0 radical (unpaired) electrons. The fraction of sp³-hybridized carbons (Fsp3) is 0.250. The zero-order chi connectivity index (χ0) is 10.7. The van der Waals surface area contributed by atoms with Gasteiger partial charge >= 0.3 is 5.97 Å². The number of carboxylic acids is 1. The third-order valence-corrected chi connectivity index (χ3v) is 2.98. The molecule has 1 unspecified atom stereocenters. The fourth-order valence-electron chi connectivity index (χ4n) is 1.09. The van der Waals surface area contributed by atoms with Crippen molar-refractivity contribution in [3.8, 4) is 0 Å². The van der Waals surface area contributed by atoms with Gasteiger partial charge in [0.05, 0.1) is 0 Å². The van der Waals surface area contributed by atoms with Crippen molar-refractivity contribution in [3.05, 3.63) is 26.9 Å². The van der Waals surface area contributed by atoms with Crippen LogP contribution in [0.15, 0.2) is 21.3 Å². The molecule has 0 aliphatic rings. The summed E-state index contributed by atoms with van der Waals surface area (Å²) in [4.78, 5) is 14.8. The maximum absolute atomic E-state index is 10.9. The summed E-state index contributed by atoms with van der Waals surface area (Å²) in [6.07, 6.45) is 3.13. The lowest BCUT2D eigenvalue weighted by Crippen LogP contribution is -2.25. The smallest absolute Gasteiger partial charge is 0.325 e. The van der Waals surface area contributed by atoms with E-state index in [0.717, 1.165) is 0 Å². The van der Waals surface area contributed by atoms with Crippen LogP contribution in [0.4, 0.5) is 0 Å². The Kier molecular flexibility index (Phi) is 4.03. The lowest BCUT2D eigenvalue weighted by molar-refractivity contribution is -0.139. The quantitative estimate of drug-likeness (QED) is 0.892. The molecule has 4 nitrogen and oxygen atoms in total. The molecule has 0 fully saturated rings. The van der Waals surface area contributed by atoms with Crippen LogP contribution in [0.5, 0.6) is 0 Å². The standard InChI is InChI=1S/C8H8Br2N2O2/c1-11-7(8(13)14)6-4(9)2-12-3-5(6)10/h2-3,7,11H,1H3,(H,13,14). The highest BCUT2D eigenvalue weighted by molar-refractivity contribution is 9.11. The first-order valence-electron chi connectivity index (χ1n) is 3.77. The Bertz CT molecular complexity index is 337. The molecule has 0 aliphatic carbocycles. The van der Waals surface area contributed by atoms with Gasteiger partial charge in [0.1, 0.15) is 6.04 Å². The van der Waals surface area contributed by atoms with E-state index in [1.807, 2.05) is 0 Å². The van der Waals surface area contributed by atoms with Gasteiger partial charge in [-0.1, -0.05) is 0 Å². The second-order valence-corrected chi connectivity index (χ2v) is 4.29. The van der Waals surface area contributed by atoms with Crippen molar-refractivity contribution in [2.45, 2.75) is 6.04 Å². The summed E-state index contributed by atoms with van der Waals surface area (Å²) in [5, 5.41) is 11.7. The Hall–Kier alpha value is -0.460. The molecule has 14 heavy (non-hydrogen) atoms. The van der Waals surface area contributed by atoms with Gasteiger partial charge in [0.15, 0.2) is 0 Å². The lowest BCUT2D eigenvalue weighted by Gasteiger charge is -2.14. The number of nitrogens with one attached hydrogen (secondary N) is 1. The number of nitrogens with zero attached hydrogens (tertiary/aromatic N) is 1. The number of halogens is 2. The van der Waals surface area contributed by atoms with E-state index in [-0.39, 0.29) is 0 Å². The van der Waals surface area contributed by atoms with E-state index < -0.39 is 12.0 Å². The van der Waals surface area contributed by atoms with Crippen LogP contribution in [0.3, 0.4) is 0 Å². The Labute approximate surface area is 98.0 Å². The molecule has 1 rings (SSSR count). The van der Waals surface area contributed by atoms with Crippen LogP contribution in [0.25, 0.3) is 0 Å². The first-order valence-corrected chi connectivity index (χ1v) is 5.35. The monoisotopic (exact) mass is 322 g/mol. The molecule has 0 saturated heterocycles. The number of aliphatic carboxylic acids is 1. The van der Waals surface area contributed by atoms with Gasteiger partial charge in [0, 0.05) is 26.9 Å². The van der Waals surface area contributed by atoms with Crippen molar-refractivity contribution >= 4 is 37.8 Å². The topological polar surface area (TPSA) is 62.2 Å². The number of hydrogen-bond donors (Lipinski definition) is 2. The van der Waals surface area contributed by atoms with Crippen molar-refractivity contribution in [2.24, 2.45) is 0 Å². The van der Waals surface area contributed by atoms with Gasteiger partial charge in [-0.2, -0.15) is 0 Å². The third-order valence-electron chi connectivity index (χ3n) is 1.71. The Morgan fingerprint density at radius 3 is 2.36 bits per heavy atom. The third kappa shape index (κ3) is 2.31. The average molecular weight is 324 g/mol. The number of carboxylic acid groups (broad SMARTS) is 1. The van der Waals surface area contributed by atoms with Gasteiger partial charge in [-0.3, -0.25) is 9.78 Å². The van der Waals surface area contributed by atoms with E-state index >= 15 is 0 Å². The lowest BCUT2D eigenvalue weighted by atomic mass is 10.1. The molecular weight excluding hydrogens is 316 g/mol. The summed E-state index contributed by atoms with van der Waals surface area (Å²) < 4.78 is 1.32. The molecule has 0 bridgehead atoms. The van der Waals surface area contributed by atoms with Crippen LogP contribution in [-0.4, -0.2) is 23.1 Å². The Morgan fingerprint density at radius 2 is 2.00 bits per heavy atom. The summed E-state index contributed by atoms with van der Waals surface area (Å²) in [6.45, 7) is 0. The van der Waals surface area contributed by atoms with E-state index in [4.69, 9.17) is 5.11 Å². The molecule has 1 aromatic heterocycles. The fourth-order valence-corrected chi connectivity index (χ4v) is 2.48. The molecule has 1 aromatic rings. The highest BCUT2D eigenvalue weighted by Gasteiger charge is 2.22. The molecule has 1 heterocycles. The van der Waals surface area contributed by atoms with E-state index in [1.54, 1.807) is 19.4 Å². The van der Waals surface area contributed by atoms with Gasteiger partial charge in [-0.25, -0.2) is 0 Å². The molecule has 0 aliphatic heterocycles. The van der Waals surface area contributed by atoms with Crippen molar-refractivity contribution in [2.75, 3.05) is 7.05 Å². The number of hydrogen-bond acceptors (Lipinski definition) is 3. The molecule has 0 amide bonds. The van der Waals surface area contributed by atoms with Crippen molar-refractivity contribution < 1.29 is 9.90 Å². The number of likely N-dealkylation sites (N-methyl/N-ethyl adjacent to an activating group) is 1. The molecule has 0 spiro atoms. The molecule has 6 heteroatoms. The first kappa shape index (κ1) is 11.6. The number of carbonyl (C=O) groups is 1. The largest absolute Gasteiger partial charge is 0.480 e. The summed E-state index contributed by atoms with van der Waals surface area (Å²) in [6, 6.07) is -0.748. The van der Waals surface area contributed by atoms with E-state index in [1.165, 1.54) is 0 Å². The highest BCUT2D eigenvalue weighted by Crippen LogP contribution is 2.29. The second kappa shape index (κ2) is 4.86. The van der Waals surface area contributed by atoms with E-state index in [0.29, 0.717) is 14.5 Å². The van der Waals surface area contributed by atoms with Crippen molar-refractivity contribution in [3.63, 3.8) is 0 Å². The van der Waals surface area contributed by atoms with Gasteiger partial charge in [0.25, 0.3) is 0 Å². The van der Waals surface area contributed by atoms with Crippen LogP contribution in [-0.2, 0) is 4.79 Å². The van der Waals surface area contributed by atoms with E-state index in [2.05, 4.69) is 42.2 Å². The average Bonchev–Trinajstić information content (AvgIpc) is 2.10. The Balaban J connectivity index is 3.22. The minimum absolute atomic E-state index is 0.634. The molecule has 2 N–H and O–H groups in total. The summed E-state index contributed by atoms with van der Waals surface area (Å²) in [7, 11) is 1.60. The summed E-state index contributed by atoms with van der Waals surface area (Å²) >= 11 is 6.52. The van der Waals surface area contributed by atoms with Gasteiger partial charge < -0.3 is 10.4 Å². The maximum atomic E-state index is 10.9. The minimum atomic E-state index is -0.930. The molecule has 76 valence electrons. The summed E-state index contributed by atoms with van der Waals surface area (Å²) in [5.41, 5.74) is 0.634. The zero-order valence-electron chi connectivity index (χ0n) is 7.29.